The molecule has 2 aliphatic rings. The molecule has 1 N–H and O–H groups in total. The predicted octanol–water partition coefficient (Wildman–Crippen LogP) is 4.20. The van der Waals surface area contributed by atoms with Crippen LogP contribution in [0, 0.1) is 5.82 Å². The van der Waals surface area contributed by atoms with Crippen LogP contribution in [0.25, 0.3) is 11.0 Å². The van der Waals surface area contributed by atoms with Crippen LogP contribution in [0.2, 0.25) is 10.2 Å². The van der Waals surface area contributed by atoms with Gasteiger partial charge in [0.1, 0.15) is 46.9 Å². The van der Waals surface area contributed by atoms with Crippen molar-refractivity contribution in [2.75, 3.05) is 0 Å². The summed E-state index contributed by atoms with van der Waals surface area (Å²) in [5.41, 5.74) is -0.715. The van der Waals surface area contributed by atoms with Gasteiger partial charge in [-0.05, 0) is 44.5 Å². The lowest BCUT2D eigenvalue weighted by molar-refractivity contribution is -0.221. The average molecular weight is 468 g/mol. The smallest absolute Gasteiger partial charge is 0.164 e. The highest BCUT2D eigenvalue weighted by Crippen LogP contribution is 2.49. The number of aromatic nitrogens is 3. The third-order valence-corrected chi connectivity index (χ3v) is 6.43. The van der Waals surface area contributed by atoms with E-state index in [-0.39, 0.29) is 5.02 Å². The number of hydrogen-bond acceptors (Lipinski definition) is 6. The fraction of sp³-hybridized carbons (Fsp3) is 0.429. The van der Waals surface area contributed by atoms with E-state index in [4.69, 9.17) is 37.4 Å². The summed E-state index contributed by atoms with van der Waals surface area (Å²) in [5.74, 6) is -1.52. The first-order valence-corrected chi connectivity index (χ1v) is 10.5. The predicted molar refractivity (Wildman–Crippen MR) is 111 cm³/mol. The first-order valence-electron chi connectivity index (χ1n) is 9.74. The third kappa shape index (κ3) is 3.33. The van der Waals surface area contributed by atoms with Crippen LogP contribution in [0.5, 0.6) is 0 Å². The Balaban J connectivity index is 1.58. The molecule has 0 aliphatic carbocycles. The van der Waals surface area contributed by atoms with Crippen LogP contribution in [0.1, 0.15) is 32.6 Å². The van der Waals surface area contributed by atoms with Gasteiger partial charge in [0.05, 0.1) is 10.4 Å². The SMILES string of the molecule is CC1(C)OC2[C@H](n3ccc4c(Cl)ncnc43)O[C@H]([C@](C)(O)c3ccc(Cl)c(F)c3)[C@H]2O1. The fourth-order valence-corrected chi connectivity index (χ4v) is 4.68. The van der Waals surface area contributed by atoms with E-state index in [1.54, 1.807) is 43.7 Å². The fourth-order valence-electron chi connectivity index (χ4n) is 4.37. The second-order valence-electron chi connectivity index (χ2n) is 8.41. The Morgan fingerprint density at radius 1 is 1.16 bits per heavy atom. The van der Waals surface area contributed by atoms with E-state index >= 15 is 0 Å². The Hall–Kier alpha value is -1.81. The maximum atomic E-state index is 14.1. The number of fused-ring (bicyclic) bond motifs is 2. The molecule has 5 rings (SSSR count). The minimum atomic E-state index is -1.59. The van der Waals surface area contributed by atoms with Gasteiger partial charge in [0.15, 0.2) is 12.0 Å². The molecule has 1 unspecified atom stereocenters. The number of benzene rings is 1. The highest BCUT2D eigenvalue weighted by molar-refractivity contribution is 6.33. The van der Waals surface area contributed by atoms with E-state index in [0.29, 0.717) is 21.7 Å². The maximum absolute atomic E-state index is 14.1. The van der Waals surface area contributed by atoms with Crippen LogP contribution >= 0.6 is 23.2 Å². The molecule has 3 aromatic rings. The molecule has 0 bridgehead atoms. The van der Waals surface area contributed by atoms with Crippen molar-refractivity contribution >= 4 is 34.2 Å². The molecule has 2 aliphatic heterocycles. The van der Waals surface area contributed by atoms with E-state index in [2.05, 4.69) is 9.97 Å². The normalized spacial score (nSPS) is 29.3. The first kappa shape index (κ1) is 21.1. The Labute approximate surface area is 187 Å². The molecule has 164 valence electrons. The highest BCUT2D eigenvalue weighted by Gasteiger charge is 2.60. The lowest BCUT2D eigenvalue weighted by atomic mass is 9.86. The van der Waals surface area contributed by atoms with Gasteiger partial charge >= 0.3 is 0 Å². The van der Waals surface area contributed by atoms with Gasteiger partial charge in [0.2, 0.25) is 0 Å². The summed E-state index contributed by atoms with van der Waals surface area (Å²) in [7, 11) is 0. The van der Waals surface area contributed by atoms with Gasteiger partial charge in [0.25, 0.3) is 0 Å². The van der Waals surface area contributed by atoms with E-state index < -0.39 is 41.7 Å². The molecule has 0 radical (unpaired) electrons. The van der Waals surface area contributed by atoms with Crippen molar-refractivity contribution in [2.24, 2.45) is 0 Å². The van der Waals surface area contributed by atoms with Crippen LogP contribution < -0.4 is 0 Å². The Morgan fingerprint density at radius 3 is 2.65 bits per heavy atom. The summed E-state index contributed by atoms with van der Waals surface area (Å²) < 4.78 is 34.5. The Morgan fingerprint density at radius 2 is 1.90 bits per heavy atom. The van der Waals surface area contributed by atoms with Gasteiger partial charge < -0.3 is 23.9 Å². The summed E-state index contributed by atoms with van der Waals surface area (Å²) in [5, 5.41) is 12.4. The van der Waals surface area contributed by atoms with Crippen molar-refractivity contribution in [2.45, 2.75) is 56.7 Å². The quantitative estimate of drug-likeness (QED) is 0.581. The zero-order valence-corrected chi connectivity index (χ0v) is 18.4. The summed E-state index contributed by atoms with van der Waals surface area (Å²) >= 11 is 12.0. The molecule has 31 heavy (non-hydrogen) atoms. The van der Waals surface area contributed by atoms with Crippen molar-refractivity contribution in [3.63, 3.8) is 0 Å². The summed E-state index contributed by atoms with van der Waals surface area (Å²) in [4.78, 5) is 8.33. The molecule has 1 aromatic carbocycles. The van der Waals surface area contributed by atoms with Crippen molar-refractivity contribution in [1.29, 1.82) is 0 Å². The monoisotopic (exact) mass is 467 g/mol. The van der Waals surface area contributed by atoms with Gasteiger partial charge in [-0.15, -0.1) is 0 Å². The molecule has 0 spiro atoms. The van der Waals surface area contributed by atoms with E-state index in [0.717, 1.165) is 0 Å². The van der Waals surface area contributed by atoms with Gasteiger partial charge in [-0.1, -0.05) is 29.3 Å². The van der Waals surface area contributed by atoms with Crippen molar-refractivity contribution in [1.82, 2.24) is 14.5 Å². The van der Waals surface area contributed by atoms with Crippen LogP contribution in [-0.2, 0) is 19.8 Å². The number of aliphatic hydroxyl groups is 1. The first-order chi connectivity index (χ1) is 14.6. The lowest BCUT2D eigenvalue weighted by Gasteiger charge is -2.34. The standard InChI is InChI=1S/C21H20Cl2FN3O4/c1-20(2)30-14-15(31-20)19(27-7-6-11-17(23)25-9-26-18(11)27)29-16(14)21(3,28)10-4-5-12(22)13(24)8-10/h4-9,14-16,19,28H,1-3H3/t14-,15?,16-,19+,21+/m0/s1. The van der Waals surface area contributed by atoms with Crippen molar-refractivity contribution in [3.05, 3.63) is 58.3 Å². The minimum Gasteiger partial charge on any atom is -0.383 e. The van der Waals surface area contributed by atoms with Crippen molar-refractivity contribution in [3.8, 4) is 0 Å². The van der Waals surface area contributed by atoms with Gasteiger partial charge in [-0.3, -0.25) is 0 Å². The van der Waals surface area contributed by atoms with E-state index in [1.165, 1.54) is 18.5 Å². The molecule has 0 amide bonds. The van der Waals surface area contributed by atoms with Gasteiger partial charge in [-0.25, -0.2) is 14.4 Å². The molecule has 2 aromatic heterocycles. The maximum Gasteiger partial charge on any atom is 0.164 e. The number of ether oxygens (including phenoxy) is 3. The molecule has 10 heteroatoms. The number of nitrogens with zero attached hydrogens (tertiary/aromatic N) is 3. The second-order valence-corrected chi connectivity index (χ2v) is 9.18. The van der Waals surface area contributed by atoms with Crippen LogP contribution in [0.15, 0.2) is 36.8 Å². The molecular weight excluding hydrogens is 448 g/mol. The molecular formula is C21H20Cl2FN3O4. The van der Waals surface area contributed by atoms with Crippen molar-refractivity contribution < 1.29 is 23.7 Å². The summed E-state index contributed by atoms with van der Waals surface area (Å²) in [6.45, 7) is 5.15. The summed E-state index contributed by atoms with van der Waals surface area (Å²) in [6.07, 6.45) is 0.453. The lowest BCUT2D eigenvalue weighted by Crippen LogP contribution is -2.45. The van der Waals surface area contributed by atoms with E-state index in [1.807, 2.05) is 0 Å². The highest BCUT2D eigenvalue weighted by atomic mass is 35.5. The average Bonchev–Trinajstić information content (AvgIpc) is 3.35. The Bertz CT molecular complexity index is 1170. The third-order valence-electron chi connectivity index (χ3n) is 5.82. The van der Waals surface area contributed by atoms with Gasteiger partial charge in [-0.2, -0.15) is 0 Å². The molecule has 4 heterocycles. The summed E-state index contributed by atoms with van der Waals surface area (Å²) in [6, 6.07) is 5.96. The largest absolute Gasteiger partial charge is 0.383 e. The molecule has 7 nitrogen and oxygen atoms in total. The zero-order valence-electron chi connectivity index (χ0n) is 16.9. The molecule has 2 fully saturated rings. The van der Waals surface area contributed by atoms with Crippen LogP contribution in [-0.4, -0.2) is 43.7 Å². The second kappa shape index (κ2) is 7.10. The number of hydrogen-bond donors (Lipinski definition) is 1. The number of halogens is 3. The van der Waals surface area contributed by atoms with E-state index in [9.17, 15) is 9.50 Å². The van der Waals surface area contributed by atoms with Crippen LogP contribution in [0.3, 0.4) is 0 Å². The Kier molecular flexibility index (Phi) is 4.82. The van der Waals surface area contributed by atoms with Crippen LogP contribution in [0.4, 0.5) is 4.39 Å². The zero-order chi connectivity index (χ0) is 22.1. The molecule has 0 saturated carbocycles. The topological polar surface area (TPSA) is 78.6 Å². The number of rotatable bonds is 3. The van der Waals surface area contributed by atoms with Gasteiger partial charge in [0, 0.05) is 6.20 Å². The minimum absolute atomic E-state index is 0.0281. The molecule has 2 saturated heterocycles. The molecule has 5 atom stereocenters.